The molecule has 0 aliphatic carbocycles. The fraction of sp³-hybridized carbons (Fsp3) is 0. The standard InChI is InChI=1S/C5H3N3S.BrH/c1-4-5(7-2-6-1)9-3-8-4;/h1-3H;1H. The zero-order chi connectivity index (χ0) is 6.10. The zero-order valence-corrected chi connectivity index (χ0v) is 7.42. The molecule has 52 valence electrons. The van der Waals surface area contributed by atoms with Crippen LogP contribution in [0.25, 0.3) is 10.3 Å². The van der Waals surface area contributed by atoms with Crippen LogP contribution in [0.5, 0.6) is 0 Å². The largest absolute Gasteiger partial charge is 0.242 e. The minimum atomic E-state index is 0. The van der Waals surface area contributed by atoms with Crippen LogP contribution in [0.4, 0.5) is 0 Å². The first-order valence-electron chi connectivity index (χ1n) is 2.46. The third kappa shape index (κ3) is 1.15. The van der Waals surface area contributed by atoms with Crippen LogP contribution in [0, 0.1) is 0 Å². The van der Waals surface area contributed by atoms with E-state index in [4.69, 9.17) is 0 Å². The smallest absolute Gasteiger partial charge is 0.146 e. The summed E-state index contributed by atoms with van der Waals surface area (Å²) >= 11 is 1.53. The quantitative estimate of drug-likeness (QED) is 0.674. The minimum Gasteiger partial charge on any atom is -0.242 e. The van der Waals surface area contributed by atoms with E-state index in [0.29, 0.717) is 0 Å². The lowest BCUT2D eigenvalue weighted by molar-refractivity contribution is 1.22. The molecule has 0 aromatic carbocycles. The molecule has 0 atom stereocenters. The highest BCUT2D eigenvalue weighted by Crippen LogP contribution is 2.10. The molecule has 0 aliphatic rings. The second-order valence-corrected chi connectivity index (χ2v) is 2.40. The molecule has 2 heterocycles. The van der Waals surface area contributed by atoms with Crippen molar-refractivity contribution in [1.29, 1.82) is 0 Å². The number of nitrogens with zero attached hydrogens (tertiary/aromatic N) is 3. The zero-order valence-electron chi connectivity index (χ0n) is 4.89. The van der Waals surface area contributed by atoms with Crippen LogP contribution >= 0.6 is 28.3 Å². The molecule has 0 radical (unpaired) electrons. The summed E-state index contributed by atoms with van der Waals surface area (Å²) in [5, 5.41) is 0. The molecule has 5 heteroatoms. The molecule has 0 amide bonds. The van der Waals surface area contributed by atoms with E-state index in [2.05, 4.69) is 15.0 Å². The molecule has 0 saturated carbocycles. The Labute approximate surface area is 71.9 Å². The van der Waals surface area contributed by atoms with Crippen LogP contribution in [0.3, 0.4) is 0 Å². The van der Waals surface area contributed by atoms with Gasteiger partial charge in [-0.15, -0.1) is 28.3 Å². The van der Waals surface area contributed by atoms with Gasteiger partial charge in [-0.05, 0) is 0 Å². The number of aromatic nitrogens is 3. The Balaban J connectivity index is 0.000000500. The number of rotatable bonds is 0. The van der Waals surface area contributed by atoms with Crippen LogP contribution in [0.15, 0.2) is 18.0 Å². The number of hydrogen-bond donors (Lipinski definition) is 0. The Hall–Kier alpha value is -0.550. The van der Waals surface area contributed by atoms with Gasteiger partial charge in [-0.2, -0.15) is 0 Å². The van der Waals surface area contributed by atoms with Crippen molar-refractivity contribution in [2.45, 2.75) is 0 Å². The Bertz CT molecular complexity index is 291. The van der Waals surface area contributed by atoms with E-state index in [1.165, 1.54) is 17.7 Å². The van der Waals surface area contributed by atoms with Gasteiger partial charge >= 0.3 is 0 Å². The molecule has 0 fully saturated rings. The molecular weight excluding hydrogens is 214 g/mol. The van der Waals surface area contributed by atoms with Gasteiger partial charge < -0.3 is 0 Å². The van der Waals surface area contributed by atoms with Gasteiger partial charge in [-0.3, -0.25) is 0 Å². The van der Waals surface area contributed by atoms with Crippen molar-refractivity contribution in [1.82, 2.24) is 15.0 Å². The Morgan fingerprint density at radius 2 is 2.20 bits per heavy atom. The molecule has 0 unspecified atom stereocenters. The van der Waals surface area contributed by atoms with Crippen LogP contribution < -0.4 is 0 Å². The third-order valence-corrected chi connectivity index (χ3v) is 1.76. The van der Waals surface area contributed by atoms with E-state index in [1.807, 2.05) is 0 Å². The lowest BCUT2D eigenvalue weighted by Crippen LogP contribution is -1.73. The molecule has 0 N–H and O–H groups in total. The highest BCUT2D eigenvalue weighted by atomic mass is 79.9. The van der Waals surface area contributed by atoms with Crippen LogP contribution in [0.2, 0.25) is 0 Å². The molecule has 0 aliphatic heterocycles. The predicted molar refractivity (Wildman–Crippen MR) is 45.5 cm³/mol. The molecule has 2 aromatic heterocycles. The van der Waals surface area contributed by atoms with Gasteiger partial charge in [0.25, 0.3) is 0 Å². The van der Waals surface area contributed by atoms with Crippen LogP contribution in [0.1, 0.15) is 0 Å². The predicted octanol–water partition coefficient (Wildman–Crippen LogP) is 1.66. The maximum atomic E-state index is 4.01. The van der Waals surface area contributed by atoms with Crippen molar-refractivity contribution in [3.05, 3.63) is 18.0 Å². The first kappa shape index (κ1) is 7.56. The first-order valence-corrected chi connectivity index (χ1v) is 3.34. The van der Waals surface area contributed by atoms with Crippen molar-refractivity contribution >= 4 is 38.7 Å². The lowest BCUT2D eigenvalue weighted by Gasteiger charge is -1.79. The van der Waals surface area contributed by atoms with Gasteiger partial charge in [-0.25, -0.2) is 15.0 Å². The van der Waals surface area contributed by atoms with E-state index in [9.17, 15) is 0 Å². The minimum absolute atomic E-state index is 0. The molecule has 0 bridgehead atoms. The second-order valence-electron chi connectivity index (χ2n) is 1.57. The number of hydrogen-bond acceptors (Lipinski definition) is 4. The number of halogens is 1. The lowest BCUT2D eigenvalue weighted by atomic mass is 10.6. The summed E-state index contributed by atoms with van der Waals surface area (Å²) in [7, 11) is 0. The molecule has 10 heavy (non-hydrogen) atoms. The van der Waals surface area contributed by atoms with E-state index in [-0.39, 0.29) is 17.0 Å². The molecule has 0 saturated heterocycles. The third-order valence-electron chi connectivity index (χ3n) is 1.01. The highest BCUT2D eigenvalue weighted by Gasteiger charge is 1.92. The molecular formula is C5H4BrN3S. The van der Waals surface area contributed by atoms with Gasteiger partial charge in [0, 0.05) is 0 Å². The van der Waals surface area contributed by atoms with Crippen molar-refractivity contribution in [2.75, 3.05) is 0 Å². The van der Waals surface area contributed by atoms with Gasteiger partial charge in [0.05, 0.1) is 11.7 Å². The summed E-state index contributed by atoms with van der Waals surface area (Å²) in [5.41, 5.74) is 2.64. The van der Waals surface area contributed by atoms with Crippen LogP contribution in [-0.2, 0) is 0 Å². The fourth-order valence-corrected chi connectivity index (χ4v) is 1.22. The molecule has 2 rings (SSSR count). The Morgan fingerprint density at radius 1 is 1.30 bits per heavy atom. The fourth-order valence-electron chi connectivity index (χ4n) is 0.623. The monoisotopic (exact) mass is 217 g/mol. The molecule has 2 aromatic rings. The Kier molecular flexibility index (Phi) is 2.29. The average molecular weight is 218 g/mol. The van der Waals surface area contributed by atoms with E-state index < -0.39 is 0 Å². The van der Waals surface area contributed by atoms with Gasteiger partial charge in [0.1, 0.15) is 16.7 Å². The number of thiazole rings is 1. The van der Waals surface area contributed by atoms with Crippen LogP contribution in [-0.4, -0.2) is 15.0 Å². The Morgan fingerprint density at radius 3 is 3.00 bits per heavy atom. The topological polar surface area (TPSA) is 38.7 Å². The molecule has 0 spiro atoms. The maximum absolute atomic E-state index is 4.01. The van der Waals surface area contributed by atoms with Crippen molar-refractivity contribution in [3.8, 4) is 0 Å². The summed E-state index contributed by atoms with van der Waals surface area (Å²) in [6.07, 6.45) is 3.24. The van der Waals surface area contributed by atoms with Crippen molar-refractivity contribution in [2.24, 2.45) is 0 Å². The number of fused-ring (bicyclic) bond motifs is 1. The second kappa shape index (κ2) is 3.03. The maximum Gasteiger partial charge on any atom is 0.146 e. The van der Waals surface area contributed by atoms with Gasteiger partial charge in [0.15, 0.2) is 0 Å². The SMILES string of the molecule is Br.c1ncc2ncsc2n1. The summed E-state index contributed by atoms with van der Waals surface area (Å²) in [5.74, 6) is 0. The van der Waals surface area contributed by atoms with Gasteiger partial charge in [-0.1, -0.05) is 0 Å². The van der Waals surface area contributed by atoms with Crippen molar-refractivity contribution < 1.29 is 0 Å². The van der Waals surface area contributed by atoms with Crippen molar-refractivity contribution in [3.63, 3.8) is 0 Å². The van der Waals surface area contributed by atoms with E-state index >= 15 is 0 Å². The van der Waals surface area contributed by atoms with E-state index in [0.717, 1.165) is 10.3 Å². The summed E-state index contributed by atoms with van der Waals surface area (Å²) < 4.78 is 0. The summed E-state index contributed by atoms with van der Waals surface area (Å²) in [4.78, 5) is 12.8. The summed E-state index contributed by atoms with van der Waals surface area (Å²) in [6, 6.07) is 0. The first-order chi connectivity index (χ1) is 4.47. The van der Waals surface area contributed by atoms with Gasteiger partial charge in [0.2, 0.25) is 0 Å². The molecule has 3 nitrogen and oxygen atoms in total. The highest BCUT2D eigenvalue weighted by molar-refractivity contribution is 8.93. The van der Waals surface area contributed by atoms with E-state index in [1.54, 1.807) is 11.7 Å². The summed E-state index contributed by atoms with van der Waals surface area (Å²) in [6.45, 7) is 0. The normalized spacial score (nSPS) is 9.20. The average Bonchev–Trinajstić information content (AvgIpc) is 2.33.